The van der Waals surface area contributed by atoms with Crippen LogP contribution in [0.3, 0.4) is 0 Å². The minimum absolute atomic E-state index is 0.112. The first kappa shape index (κ1) is 11.0. The van der Waals surface area contributed by atoms with Gasteiger partial charge in [-0.25, -0.2) is 0 Å². The van der Waals surface area contributed by atoms with Crippen LogP contribution in [-0.2, 0) is 10.2 Å². The fraction of sp³-hybridized carbons (Fsp3) is 0.462. The van der Waals surface area contributed by atoms with E-state index in [9.17, 15) is 4.79 Å². The van der Waals surface area contributed by atoms with E-state index in [1.807, 2.05) is 31.2 Å². The maximum atomic E-state index is 11.5. The van der Waals surface area contributed by atoms with Crippen LogP contribution < -0.4 is 10.1 Å². The molecule has 1 fully saturated rings. The van der Waals surface area contributed by atoms with Crippen molar-refractivity contribution in [1.82, 2.24) is 5.32 Å². The third-order valence-electron chi connectivity index (χ3n) is 3.58. The fourth-order valence-corrected chi connectivity index (χ4v) is 2.38. The van der Waals surface area contributed by atoms with Crippen molar-refractivity contribution in [1.29, 1.82) is 0 Å². The Bertz CT molecular complexity index is 416. The average molecular weight is 219 g/mol. The largest absolute Gasteiger partial charge is 0.496 e. The second-order valence-corrected chi connectivity index (χ2v) is 4.58. The molecule has 1 aliphatic heterocycles. The van der Waals surface area contributed by atoms with Gasteiger partial charge in [0, 0.05) is 23.4 Å². The summed E-state index contributed by atoms with van der Waals surface area (Å²) in [6.45, 7) is 4.14. The molecule has 0 bridgehead atoms. The van der Waals surface area contributed by atoms with Gasteiger partial charge in [-0.05, 0) is 13.0 Å². The Morgan fingerprint density at radius 1 is 1.44 bits per heavy atom. The van der Waals surface area contributed by atoms with Crippen LogP contribution in [0, 0.1) is 0 Å². The topological polar surface area (TPSA) is 38.3 Å². The fourth-order valence-electron chi connectivity index (χ4n) is 2.38. The summed E-state index contributed by atoms with van der Waals surface area (Å²) in [6, 6.07) is 8.04. The Kier molecular flexibility index (Phi) is 2.62. The molecular weight excluding hydrogens is 202 g/mol. The number of benzene rings is 1. The van der Waals surface area contributed by atoms with Crippen molar-refractivity contribution in [2.75, 3.05) is 7.11 Å². The monoisotopic (exact) mass is 219 g/mol. The molecule has 1 amide bonds. The maximum Gasteiger partial charge on any atom is 0.221 e. The van der Waals surface area contributed by atoms with Crippen molar-refractivity contribution >= 4 is 5.91 Å². The van der Waals surface area contributed by atoms with Gasteiger partial charge in [-0.2, -0.15) is 0 Å². The number of carbonyl (C=O) groups excluding carboxylic acids is 1. The molecule has 1 heterocycles. The summed E-state index contributed by atoms with van der Waals surface area (Å²) < 4.78 is 5.37. The van der Waals surface area contributed by atoms with Gasteiger partial charge in [0.2, 0.25) is 5.91 Å². The number of para-hydroxylation sites is 1. The molecule has 0 aliphatic carbocycles. The van der Waals surface area contributed by atoms with Gasteiger partial charge in [0.15, 0.2) is 0 Å². The van der Waals surface area contributed by atoms with Gasteiger partial charge in [0.1, 0.15) is 5.75 Å². The Hall–Kier alpha value is -1.51. The van der Waals surface area contributed by atoms with E-state index in [4.69, 9.17) is 4.74 Å². The van der Waals surface area contributed by atoms with Gasteiger partial charge < -0.3 is 10.1 Å². The van der Waals surface area contributed by atoms with Crippen molar-refractivity contribution in [2.45, 2.75) is 31.7 Å². The van der Waals surface area contributed by atoms with Gasteiger partial charge >= 0.3 is 0 Å². The summed E-state index contributed by atoms with van der Waals surface area (Å²) in [7, 11) is 1.66. The van der Waals surface area contributed by atoms with Crippen molar-refractivity contribution in [3.63, 3.8) is 0 Å². The molecule has 16 heavy (non-hydrogen) atoms. The highest BCUT2D eigenvalue weighted by Crippen LogP contribution is 2.40. The lowest BCUT2D eigenvalue weighted by atomic mass is 9.76. The summed E-state index contributed by atoms with van der Waals surface area (Å²) in [6.07, 6.45) is 0.522. The molecule has 1 saturated heterocycles. The lowest BCUT2D eigenvalue weighted by Crippen LogP contribution is -2.35. The lowest BCUT2D eigenvalue weighted by Gasteiger charge is -2.29. The number of amides is 1. The second-order valence-electron chi connectivity index (χ2n) is 4.58. The molecule has 2 unspecified atom stereocenters. The van der Waals surface area contributed by atoms with E-state index in [1.54, 1.807) is 7.11 Å². The normalized spacial score (nSPS) is 28.9. The quantitative estimate of drug-likeness (QED) is 0.824. The van der Waals surface area contributed by atoms with E-state index in [1.165, 1.54) is 0 Å². The van der Waals surface area contributed by atoms with E-state index in [-0.39, 0.29) is 17.4 Å². The molecule has 1 aromatic carbocycles. The second kappa shape index (κ2) is 3.81. The lowest BCUT2D eigenvalue weighted by molar-refractivity contribution is -0.119. The number of hydrogen-bond donors (Lipinski definition) is 1. The molecule has 0 spiro atoms. The summed E-state index contributed by atoms with van der Waals surface area (Å²) in [5, 5.41) is 2.96. The molecule has 3 nitrogen and oxygen atoms in total. The predicted molar refractivity (Wildman–Crippen MR) is 62.6 cm³/mol. The Labute approximate surface area is 95.8 Å². The van der Waals surface area contributed by atoms with Gasteiger partial charge in [0.25, 0.3) is 0 Å². The van der Waals surface area contributed by atoms with E-state index >= 15 is 0 Å². The number of methoxy groups -OCH3 is 1. The van der Waals surface area contributed by atoms with Gasteiger partial charge in [-0.3, -0.25) is 4.79 Å². The Morgan fingerprint density at radius 2 is 2.12 bits per heavy atom. The van der Waals surface area contributed by atoms with Crippen LogP contribution in [-0.4, -0.2) is 19.1 Å². The van der Waals surface area contributed by atoms with Crippen LogP contribution >= 0.6 is 0 Å². The molecule has 86 valence electrons. The molecular formula is C13H17NO2. The molecule has 3 heteroatoms. The molecule has 1 aliphatic rings. The van der Waals surface area contributed by atoms with Crippen LogP contribution in [0.2, 0.25) is 0 Å². The van der Waals surface area contributed by atoms with Crippen LogP contribution in [0.25, 0.3) is 0 Å². The smallest absolute Gasteiger partial charge is 0.221 e. The molecule has 0 aromatic heterocycles. The third-order valence-corrected chi connectivity index (χ3v) is 3.58. The third kappa shape index (κ3) is 1.56. The maximum absolute atomic E-state index is 11.5. The van der Waals surface area contributed by atoms with E-state index in [0.717, 1.165) is 11.3 Å². The van der Waals surface area contributed by atoms with Crippen molar-refractivity contribution < 1.29 is 9.53 Å². The number of carbonyl (C=O) groups is 1. The Morgan fingerprint density at radius 3 is 2.69 bits per heavy atom. The van der Waals surface area contributed by atoms with Crippen LogP contribution in [0.4, 0.5) is 0 Å². The summed E-state index contributed by atoms with van der Waals surface area (Å²) in [5.74, 6) is 0.967. The molecule has 0 saturated carbocycles. The van der Waals surface area contributed by atoms with E-state index < -0.39 is 0 Å². The first-order valence-electron chi connectivity index (χ1n) is 5.51. The van der Waals surface area contributed by atoms with Crippen LogP contribution in [0.1, 0.15) is 25.8 Å². The zero-order chi connectivity index (χ0) is 11.8. The number of rotatable bonds is 2. The van der Waals surface area contributed by atoms with Crippen molar-refractivity contribution in [2.24, 2.45) is 0 Å². The average Bonchev–Trinajstić information content (AvgIpc) is 2.53. The molecule has 1 aromatic rings. The minimum atomic E-state index is -0.177. The highest BCUT2D eigenvalue weighted by Gasteiger charge is 2.43. The minimum Gasteiger partial charge on any atom is -0.496 e. The molecule has 2 atom stereocenters. The number of nitrogens with one attached hydrogen (secondary N) is 1. The molecule has 2 rings (SSSR count). The molecule has 0 radical (unpaired) electrons. The number of ether oxygens (including phenoxy) is 1. The van der Waals surface area contributed by atoms with E-state index in [0.29, 0.717) is 6.42 Å². The van der Waals surface area contributed by atoms with Gasteiger partial charge in [-0.1, -0.05) is 25.1 Å². The van der Waals surface area contributed by atoms with Crippen molar-refractivity contribution in [3.8, 4) is 5.75 Å². The SMILES string of the molecule is COc1ccccc1C1(C)CC(=O)NC1C. The van der Waals surface area contributed by atoms with Crippen molar-refractivity contribution in [3.05, 3.63) is 29.8 Å². The number of hydrogen-bond acceptors (Lipinski definition) is 2. The van der Waals surface area contributed by atoms with Gasteiger partial charge in [-0.15, -0.1) is 0 Å². The Balaban J connectivity index is 2.46. The zero-order valence-electron chi connectivity index (χ0n) is 9.91. The van der Waals surface area contributed by atoms with E-state index in [2.05, 4.69) is 12.2 Å². The summed E-state index contributed by atoms with van der Waals surface area (Å²) >= 11 is 0. The van der Waals surface area contributed by atoms with Crippen LogP contribution in [0.5, 0.6) is 5.75 Å². The highest BCUT2D eigenvalue weighted by molar-refractivity contribution is 5.81. The predicted octanol–water partition coefficient (Wildman–Crippen LogP) is 1.86. The summed E-state index contributed by atoms with van der Waals surface area (Å²) in [5.41, 5.74) is 0.923. The summed E-state index contributed by atoms with van der Waals surface area (Å²) in [4.78, 5) is 11.5. The first-order chi connectivity index (χ1) is 7.58. The van der Waals surface area contributed by atoms with Crippen LogP contribution in [0.15, 0.2) is 24.3 Å². The highest BCUT2D eigenvalue weighted by atomic mass is 16.5. The van der Waals surface area contributed by atoms with Gasteiger partial charge in [0.05, 0.1) is 7.11 Å². The zero-order valence-corrected chi connectivity index (χ0v) is 9.91. The standard InChI is InChI=1S/C13H17NO2/c1-9-13(2,8-12(15)14-9)10-6-4-5-7-11(10)16-3/h4-7,9H,8H2,1-3H3,(H,14,15). The molecule has 1 N–H and O–H groups in total. The first-order valence-corrected chi connectivity index (χ1v) is 5.51.